The topological polar surface area (TPSA) is 17.1 Å². The van der Waals surface area contributed by atoms with Gasteiger partial charge in [0.1, 0.15) is 0 Å². The zero-order chi connectivity index (χ0) is 10.1. The van der Waals surface area contributed by atoms with E-state index < -0.39 is 0 Å². The van der Waals surface area contributed by atoms with Crippen molar-refractivity contribution in [3.63, 3.8) is 0 Å². The Hall–Kier alpha value is -0.850. The van der Waals surface area contributed by atoms with Crippen molar-refractivity contribution in [2.45, 2.75) is 33.6 Å². The molecule has 0 aliphatic heterocycles. The lowest BCUT2D eigenvalue weighted by atomic mass is 9.67. The van der Waals surface area contributed by atoms with E-state index in [1.807, 2.05) is 6.92 Å². The van der Waals surface area contributed by atoms with E-state index in [-0.39, 0.29) is 17.1 Å². The Bertz CT molecular complexity index is 258. The van der Waals surface area contributed by atoms with Gasteiger partial charge in [0.25, 0.3) is 0 Å². The summed E-state index contributed by atoms with van der Waals surface area (Å²) in [6.07, 6.45) is 5.82. The van der Waals surface area contributed by atoms with E-state index in [0.717, 1.165) is 12.8 Å². The molecule has 1 unspecified atom stereocenters. The van der Waals surface area contributed by atoms with Gasteiger partial charge in [-0.05, 0) is 31.3 Å². The molecule has 0 fully saturated rings. The molecule has 0 spiro atoms. The number of ketones is 1. The molecule has 1 aliphatic carbocycles. The first-order valence-electron chi connectivity index (χ1n) is 4.82. The molecule has 1 nitrogen and oxygen atoms in total. The number of carbonyl (C=O) groups is 1. The van der Waals surface area contributed by atoms with E-state index in [1.54, 1.807) is 0 Å². The van der Waals surface area contributed by atoms with Crippen molar-refractivity contribution >= 4 is 5.78 Å². The molecular formula is C12H18O. The second-order valence-electron chi connectivity index (χ2n) is 4.51. The van der Waals surface area contributed by atoms with Crippen LogP contribution in [0.25, 0.3) is 0 Å². The van der Waals surface area contributed by atoms with Gasteiger partial charge in [-0.2, -0.15) is 0 Å². The van der Waals surface area contributed by atoms with E-state index in [2.05, 4.69) is 26.5 Å². The van der Waals surface area contributed by atoms with Crippen LogP contribution < -0.4 is 0 Å². The number of hydrogen-bond acceptors (Lipinski definition) is 1. The van der Waals surface area contributed by atoms with E-state index in [0.29, 0.717) is 0 Å². The third-order valence-electron chi connectivity index (χ3n) is 2.98. The van der Waals surface area contributed by atoms with Crippen molar-refractivity contribution in [2.24, 2.45) is 11.3 Å². The van der Waals surface area contributed by atoms with E-state index in [9.17, 15) is 4.79 Å². The van der Waals surface area contributed by atoms with Crippen LogP contribution in [0.1, 0.15) is 33.6 Å². The summed E-state index contributed by atoms with van der Waals surface area (Å²) < 4.78 is 0. The summed E-state index contributed by atoms with van der Waals surface area (Å²) in [7, 11) is 0. The molecule has 0 aromatic heterocycles. The molecule has 0 saturated heterocycles. The molecule has 0 aromatic carbocycles. The van der Waals surface area contributed by atoms with Gasteiger partial charge in [0.2, 0.25) is 0 Å². The zero-order valence-corrected chi connectivity index (χ0v) is 8.76. The first kappa shape index (κ1) is 10.2. The van der Waals surface area contributed by atoms with Gasteiger partial charge in [-0.25, -0.2) is 0 Å². The maximum atomic E-state index is 11.6. The fraction of sp³-hybridized carbons (Fsp3) is 0.583. The molecule has 0 heterocycles. The quantitative estimate of drug-likeness (QED) is 0.469. The van der Waals surface area contributed by atoms with Crippen molar-refractivity contribution < 1.29 is 4.79 Å². The van der Waals surface area contributed by atoms with Crippen molar-refractivity contribution in [1.29, 1.82) is 0 Å². The van der Waals surface area contributed by atoms with Crippen molar-refractivity contribution in [1.82, 2.24) is 0 Å². The second kappa shape index (κ2) is 3.49. The summed E-state index contributed by atoms with van der Waals surface area (Å²) in [5.41, 5.74) is 1.31. The summed E-state index contributed by atoms with van der Waals surface area (Å²) in [6, 6.07) is 0. The fourth-order valence-corrected chi connectivity index (χ4v) is 2.28. The van der Waals surface area contributed by atoms with Crippen LogP contribution in [0.15, 0.2) is 24.3 Å². The number of allylic oxidation sites excluding steroid dienone is 3. The van der Waals surface area contributed by atoms with Gasteiger partial charge in [-0.15, -0.1) is 0 Å². The molecule has 1 rings (SSSR count). The minimum Gasteiger partial charge on any atom is -0.294 e. The van der Waals surface area contributed by atoms with E-state index in [4.69, 9.17) is 0 Å². The van der Waals surface area contributed by atoms with Crippen LogP contribution in [0.3, 0.4) is 0 Å². The lowest BCUT2D eigenvalue weighted by Crippen LogP contribution is -2.33. The summed E-state index contributed by atoms with van der Waals surface area (Å²) in [6.45, 7) is 9.93. The molecule has 1 aliphatic rings. The van der Waals surface area contributed by atoms with Gasteiger partial charge in [0, 0.05) is 5.92 Å². The highest BCUT2D eigenvalue weighted by Crippen LogP contribution is 2.41. The fourth-order valence-electron chi connectivity index (χ4n) is 2.28. The average molecular weight is 178 g/mol. The highest BCUT2D eigenvalue weighted by atomic mass is 16.1. The molecule has 72 valence electrons. The SMILES string of the molecule is C=CC(=O)C1C(C)=CCCC1(C)C. The van der Waals surface area contributed by atoms with Gasteiger partial charge >= 0.3 is 0 Å². The number of rotatable bonds is 2. The Morgan fingerprint density at radius 3 is 2.77 bits per heavy atom. The number of hydrogen-bond donors (Lipinski definition) is 0. The predicted molar refractivity (Wildman–Crippen MR) is 55.5 cm³/mol. The Labute approximate surface area is 80.5 Å². The Morgan fingerprint density at radius 1 is 1.69 bits per heavy atom. The minimum atomic E-state index is 0.0544. The molecule has 0 radical (unpaired) electrons. The Morgan fingerprint density at radius 2 is 2.31 bits per heavy atom. The van der Waals surface area contributed by atoms with Crippen LogP contribution in [-0.4, -0.2) is 5.78 Å². The van der Waals surface area contributed by atoms with Gasteiger partial charge in [0.15, 0.2) is 5.78 Å². The summed E-state index contributed by atoms with van der Waals surface area (Å²) >= 11 is 0. The smallest absolute Gasteiger partial charge is 0.162 e. The largest absolute Gasteiger partial charge is 0.294 e. The standard InChI is InChI=1S/C12H18O/c1-5-10(13)11-9(2)7-6-8-12(11,3)4/h5,7,11H,1,6,8H2,2-4H3. The van der Waals surface area contributed by atoms with Gasteiger partial charge in [-0.3, -0.25) is 4.79 Å². The van der Waals surface area contributed by atoms with Crippen LogP contribution in [-0.2, 0) is 4.79 Å². The maximum absolute atomic E-state index is 11.6. The predicted octanol–water partition coefficient (Wildman–Crippen LogP) is 3.12. The molecule has 0 N–H and O–H groups in total. The third-order valence-corrected chi connectivity index (χ3v) is 2.98. The Balaban J connectivity index is 3.00. The number of carbonyl (C=O) groups excluding carboxylic acids is 1. The molecule has 0 saturated carbocycles. The Kier molecular flexibility index (Phi) is 2.74. The zero-order valence-electron chi connectivity index (χ0n) is 8.76. The molecule has 1 atom stereocenters. The van der Waals surface area contributed by atoms with Gasteiger partial charge in [-0.1, -0.05) is 32.1 Å². The summed E-state index contributed by atoms with van der Waals surface area (Å²) in [4.78, 5) is 11.6. The van der Waals surface area contributed by atoms with E-state index in [1.165, 1.54) is 11.6 Å². The third kappa shape index (κ3) is 1.90. The lowest BCUT2D eigenvalue weighted by molar-refractivity contribution is -0.120. The maximum Gasteiger partial charge on any atom is 0.162 e. The molecule has 0 aromatic rings. The molecule has 0 bridgehead atoms. The van der Waals surface area contributed by atoms with Gasteiger partial charge in [0.05, 0.1) is 0 Å². The molecule has 0 amide bonds. The highest BCUT2D eigenvalue weighted by molar-refractivity contribution is 5.93. The molecule has 1 heteroatoms. The average Bonchev–Trinajstić information content (AvgIpc) is 2.02. The van der Waals surface area contributed by atoms with E-state index >= 15 is 0 Å². The minimum absolute atomic E-state index is 0.0544. The summed E-state index contributed by atoms with van der Waals surface area (Å²) in [5, 5.41) is 0. The first-order chi connectivity index (χ1) is 5.99. The van der Waals surface area contributed by atoms with Crippen LogP contribution in [0.2, 0.25) is 0 Å². The first-order valence-corrected chi connectivity index (χ1v) is 4.82. The molecule has 13 heavy (non-hydrogen) atoms. The highest BCUT2D eigenvalue weighted by Gasteiger charge is 2.36. The van der Waals surface area contributed by atoms with Crippen LogP contribution in [0, 0.1) is 11.3 Å². The van der Waals surface area contributed by atoms with Gasteiger partial charge < -0.3 is 0 Å². The summed E-state index contributed by atoms with van der Waals surface area (Å²) in [5.74, 6) is 0.220. The molecular weight excluding hydrogens is 160 g/mol. The normalized spacial score (nSPS) is 26.4. The van der Waals surface area contributed by atoms with Crippen molar-refractivity contribution in [2.75, 3.05) is 0 Å². The van der Waals surface area contributed by atoms with Crippen LogP contribution >= 0.6 is 0 Å². The van der Waals surface area contributed by atoms with Crippen LogP contribution in [0.5, 0.6) is 0 Å². The monoisotopic (exact) mass is 178 g/mol. The van der Waals surface area contributed by atoms with Crippen molar-refractivity contribution in [3.05, 3.63) is 24.3 Å². The van der Waals surface area contributed by atoms with Crippen LogP contribution in [0.4, 0.5) is 0 Å². The lowest BCUT2D eigenvalue weighted by Gasteiger charge is -2.36. The van der Waals surface area contributed by atoms with Crippen molar-refractivity contribution in [3.8, 4) is 0 Å². The second-order valence-corrected chi connectivity index (χ2v) is 4.51.